The second kappa shape index (κ2) is 15.0. The highest BCUT2D eigenvalue weighted by Gasteiger charge is 2.31. The molecule has 0 heterocycles. The molecule has 0 radical (unpaired) electrons. The van der Waals surface area contributed by atoms with E-state index in [9.17, 15) is 24.3 Å². The van der Waals surface area contributed by atoms with Gasteiger partial charge in [-0.15, -0.1) is 0 Å². The zero-order valence-corrected chi connectivity index (χ0v) is 18.5. The van der Waals surface area contributed by atoms with E-state index >= 15 is 0 Å². The third-order valence-corrected chi connectivity index (χ3v) is 4.99. The molecule has 0 aromatic rings. The zero-order valence-electron chi connectivity index (χ0n) is 17.7. The SMILES string of the molecule is CSCCC(NC(=O)C(NC(=O)C(N)CCCCN)C(C)O)C(=O)NC(C)C(=O)O. The van der Waals surface area contributed by atoms with Crippen molar-refractivity contribution in [3.8, 4) is 0 Å². The minimum Gasteiger partial charge on any atom is -0.480 e. The maximum absolute atomic E-state index is 12.7. The number of thioether (sulfide) groups is 1. The van der Waals surface area contributed by atoms with Crippen LogP contribution in [-0.2, 0) is 19.2 Å². The van der Waals surface area contributed by atoms with Gasteiger partial charge in [-0.05, 0) is 51.7 Å². The molecule has 0 rings (SSSR count). The van der Waals surface area contributed by atoms with E-state index in [4.69, 9.17) is 16.6 Å². The number of aliphatic hydroxyl groups excluding tert-OH is 1. The number of rotatable bonds is 15. The molecule has 0 aromatic carbocycles. The van der Waals surface area contributed by atoms with Crippen molar-refractivity contribution in [2.45, 2.75) is 69.8 Å². The summed E-state index contributed by atoms with van der Waals surface area (Å²) >= 11 is 1.45. The molecule has 5 unspecified atom stereocenters. The lowest BCUT2D eigenvalue weighted by Crippen LogP contribution is -2.59. The van der Waals surface area contributed by atoms with Crippen LogP contribution in [-0.4, -0.2) is 82.7 Å². The Kier molecular flexibility index (Phi) is 14.0. The van der Waals surface area contributed by atoms with Crippen LogP contribution in [0, 0.1) is 0 Å². The van der Waals surface area contributed by atoms with Crippen LogP contribution in [0.4, 0.5) is 0 Å². The van der Waals surface area contributed by atoms with E-state index in [1.165, 1.54) is 25.6 Å². The van der Waals surface area contributed by atoms with Crippen LogP contribution in [0.2, 0.25) is 0 Å². The van der Waals surface area contributed by atoms with E-state index in [-0.39, 0.29) is 6.42 Å². The van der Waals surface area contributed by atoms with Crippen LogP contribution in [0.15, 0.2) is 0 Å². The summed E-state index contributed by atoms with van der Waals surface area (Å²) in [5.41, 5.74) is 11.2. The Hall–Kier alpha value is -1.89. The average Bonchev–Trinajstić information content (AvgIpc) is 2.68. The van der Waals surface area contributed by atoms with Crippen molar-refractivity contribution in [1.29, 1.82) is 0 Å². The molecule has 0 aromatic heterocycles. The highest BCUT2D eigenvalue weighted by atomic mass is 32.2. The van der Waals surface area contributed by atoms with E-state index in [0.717, 1.165) is 0 Å². The lowest BCUT2D eigenvalue weighted by atomic mass is 10.1. The summed E-state index contributed by atoms with van der Waals surface area (Å²) < 4.78 is 0. The van der Waals surface area contributed by atoms with Gasteiger partial charge in [0.25, 0.3) is 0 Å². The molecule has 12 heteroatoms. The van der Waals surface area contributed by atoms with Crippen LogP contribution in [0.25, 0.3) is 0 Å². The Morgan fingerprint density at radius 2 is 1.60 bits per heavy atom. The Labute approximate surface area is 181 Å². The number of nitrogens with two attached hydrogens (primary N) is 2. The molecule has 30 heavy (non-hydrogen) atoms. The van der Waals surface area contributed by atoms with E-state index in [2.05, 4.69) is 16.0 Å². The second-order valence-electron chi connectivity index (χ2n) is 7.03. The molecular weight excluding hydrogens is 414 g/mol. The summed E-state index contributed by atoms with van der Waals surface area (Å²) in [5, 5.41) is 26.1. The summed E-state index contributed by atoms with van der Waals surface area (Å²) in [6.07, 6.45) is 2.55. The number of unbranched alkanes of at least 4 members (excludes halogenated alkanes) is 1. The monoisotopic (exact) mass is 449 g/mol. The molecule has 0 saturated heterocycles. The number of amides is 3. The number of nitrogens with one attached hydrogen (secondary N) is 3. The number of carboxylic acid groups (broad SMARTS) is 1. The molecule has 0 aliphatic heterocycles. The van der Waals surface area contributed by atoms with Crippen LogP contribution in [0.1, 0.15) is 39.5 Å². The topological polar surface area (TPSA) is 197 Å². The van der Waals surface area contributed by atoms with Gasteiger partial charge in [-0.25, -0.2) is 0 Å². The van der Waals surface area contributed by atoms with Crippen molar-refractivity contribution in [2.24, 2.45) is 11.5 Å². The number of aliphatic carboxylic acids is 1. The predicted molar refractivity (Wildman–Crippen MR) is 115 cm³/mol. The van der Waals surface area contributed by atoms with Crippen molar-refractivity contribution in [3.05, 3.63) is 0 Å². The van der Waals surface area contributed by atoms with Crippen molar-refractivity contribution in [2.75, 3.05) is 18.6 Å². The van der Waals surface area contributed by atoms with Gasteiger partial charge in [0.1, 0.15) is 18.1 Å². The molecule has 0 fully saturated rings. The minimum atomic E-state index is -1.32. The van der Waals surface area contributed by atoms with Crippen molar-refractivity contribution in [1.82, 2.24) is 16.0 Å². The van der Waals surface area contributed by atoms with Crippen LogP contribution in [0.5, 0.6) is 0 Å². The first-order chi connectivity index (χ1) is 14.0. The van der Waals surface area contributed by atoms with E-state index < -0.39 is 54.0 Å². The average molecular weight is 450 g/mol. The molecule has 3 amide bonds. The summed E-state index contributed by atoms with van der Waals surface area (Å²) in [6.45, 7) is 3.11. The number of carbonyl (C=O) groups is 4. The Balaban J connectivity index is 5.12. The molecule has 174 valence electrons. The molecular formula is C18H35N5O6S. The fourth-order valence-corrected chi connectivity index (χ4v) is 2.92. The van der Waals surface area contributed by atoms with Crippen LogP contribution in [0.3, 0.4) is 0 Å². The number of carboxylic acids is 1. The van der Waals surface area contributed by atoms with E-state index in [1.54, 1.807) is 0 Å². The maximum atomic E-state index is 12.7. The highest BCUT2D eigenvalue weighted by Crippen LogP contribution is 2.05. The first-order valence-electron chi connectivity index (χ1n) is 9.81. The fourth-order valence-electron chi connectivity index (χ4n) is 2.45. The van der Waals surface area contributed by atoms with Crippen molar-refractivity contribution in [3.63, 3.8) is 0 Å². The lowest BCUT2D eigenvalue weighted by Gasteiger charge is -2.26. The van der Waals surface area contributed by atoms with Gasteiger partial charge >= 0.3 is 5.97 Å². The van der Waals surface area contributed by atoms with Gasteiger partial charge in [-0.3, -0.25) is 19.2 Å². The summed E-state index contributed by atoms with van der Waals surface area (Å²) in [6, 6.07) is -4.34. The molecule has 0 spiro atoms. The fraction of sp³-hybridized carbons (Fsp3) is 0.778. The number of hydrogen-bond acceptors (Lipinski definition) is 8. The molecule has 0 aliphatic rings. The van der Waals surface area contributed by atoms with E-state index in [1.807, 2.05) is 6.26 Å². The van der Waals surface area contributed by atoms with Gasteiger partial charge in [0, 0.05) is 0 Å². The third kappa shape index (κ3) is 10.8. The van der Waals surface area contributed by atoms with Crippen molar-refractivity contribution < 1.29 is 29.4 Å². The predicted octanol–water partition coefficient (Wildman–Crippen LogP) is -1.86. The largest absolute Gasteiger partial charge is 0.480 e. The smallest absolute Gasteiger partial charge is 0.325 e. The lowest BCUT2D eigenvalue weighted by molar-refractivity contribution is -0.142. The normalized spacial score (nSPS) is 15.9. The molecule has 11 nitrogen and oxygen atoms in total. The number of aliphatic hydroxyl groups is 1. The van der Waals surface area contributed by atoms with Crippen LogP contribution < -0.4 is 27.4 Å². The van der Waals surface area contributed by atoms with Gasteiger partial charge < -0.3 is 37.6 Å². The Morgan fingerprint density at radius 1 is 0.967 bits per heavy atom. The Bertz CT molecular complexity index is 577. The minimum absolute atomic E-state index is 0.240. The third-order valence-electron chi connectivity index (χ3n) is 4.34. The maximum Gasteiger partial charge on any atom is 0.325 e. The van der Waals surface area contributed by atoms with Gasteiger partial charge in [0.15, 0.2) is 0 Å². The van der Waals surface area contributed by atoms with Crippen molar-refractivity contribution >= 4 is 35.5 Å². The molecule has 0 aliphatic carbocycles. The van der Waals surface area contributed by atoms with E-state index in [0.29, 0.717) is 31.6 Å². The molecule has 0 bridgehead atoms. The Morgan fingerprint density at radius 3 is 2.10 bits per heavy atom. The van der Waals surface area contributed by atoms with Gasteiger partial charge in [0.2, 0.25) is 17.7 Å². The van der Waals surface area contributed by atoms with Gasteiger partial charge in [-0.1, -0.05) is 6.42 Å². The zero-order chi connectivity index (χ0) is 23.3. The first-order valence-corrected chi connectivity index (χ1v) is 11.2. The summed E-state index contributed by atoms with van der Waals surface area (Å²) in [5.74, 6) is -2.72. The summed E-state index contributed by atoms with van der Waals surface area (Å²) in [4.78, 5) is 48.3. The quantitative estimate of drug-likeness (QED) is 0.140. The second-order valence-corrected chi connectivity index (χ2v) is 8.01. The summed E-state index contributed by atoms with van der Waals surface area (Å²) in [7, 11) is 0. The number of carbonyl (C=O) groups excluding carboxylic acids is 3. The van der Waals surface area contributed by atoms with Crippen LogP contribution >= 0.6 is 11.8 Å². The number of hydrogen-bond donors (Lipinski definition) is 7. The van der Waals surface area contributed by atoms with Gasteiger partial charge in [-0.2, -0.15) is 11.8 Å². The first kappa shape index (κ1) is 28.1. The molecule has 9 N–H and O–H groups in total. The molecule has 5 atom stereocenters. The standard InChI is InChI=1S/C18H35N5O6S/c1-10(18(28)29)21-16(26)13(7-9-30-3)22-17(27)14(11(2)24)23-15(25)12(20)6-4-5-8-19/h10-14,24H,4-9,19-20H2,1-3H3,(H,21,26)(H,22,27)(H,23,25)(H,28,29). The van der Waals surface area contributed by atoms with Gasteiger partial charge in [0.05, 0.1) is 12.1 Å². The highest BCUT2D eigenvalue weighted by molar-refractivity contribution is 7.98. The molecule has 0 saturated carbocycles.